The molecule has 2 aromatic heterocycles. The number of nitrogens with two attached hydrogens (primary N) is 1. The number of carbonyl (C=O) groups excluding carboxylic acids is 1. The van der Waals surface area contributed by atoms with Gasteiger partial charge in [-0.15, -0.1) is 0 Å². The normalized spacial score (nSPS) is 21.6. The minimum absolute atomic E-state index is 0.00695. The fraction of sp³-hybridized carbons (Fsp3) is 0.250. The molecule has 0 amide bonds. The molecule has 5 aromatic rings. The molecule has 0 bridgehead atoms. The number of benzene rings is 3. The van der Waals surface area contributed by atoms with Crippen LogP contribution >= 0.6 is 27.2 Å². The average molecular weight is 777 g/mol. The molecule has 0 aliphatic carbocycles. The fourth-order valence-electron chi connectivity index (χ4n) is 5.23. The van der Waals surface area contributed by atoms with Crippen LogP contribution in [-0.4, -0.2) is 66.5 Å². The summed E-state index contributed by atoms with van der Waals surface area (Å²) in [6.07, 6.45) is -6.00. The number of esters is 1. The van der Waals surface area contributed by atoms with Crippen LogP contribution in [0, 0.1) is 0 Å². The lowest BCUT2D eigenvalue weighted by atomic mass is 10.1. The second-order valence-electron chi connectivity index (χ2n) is 11.4. The molecule has 0 saturated carbocycles. The third-order valence-electron chi connectivity index (χ3n) is 7.68. The van der Waals surface area contributed by atoms with Crippen molar-refractivity contribution in [1.29, 1.82) is 0 Å². The summed E-state index contributed by atoms with van der Waals surface area (Å²) in [5, 5.41) is 12.8. The number of phosphoric ester groups is 1. The largest absolute Gasteiger partial charge is 0.481 e. The molecular formula is C32H32ClFN6O10P2. The van der Waals surface area contributed by atoms with Gasteiger partial charge in [0.1, 0.15) is 36.1 Å². The topological polar surface area (TPSA) is 219 Å². The van der Waals surface area contributed by atoms with Gasteiger partial charge in [0.15, 0.2) is 23.9 Å². The number of ether oxygens (including phenoxy) is 2. The Bertz CT molecular complexity index is 2090. The van der Waals surface area contributed by atoms with Crippen LogP contribution in [0.15, 0.2) is 97.3 Å². The summed E-state index contributed by atoms with van der Waals surface area (Å²) >= 11 is 5.90. The number of carbonyl (C=O) groups is 1. The number of aromatic nitrogens is 4. The maximum Gasteiger partial charge on any atom is 0.481 e. The van der Waals surface area contributed by atoms with Crippen molar-refractivity contribution in [3.05, 3.63) is 114 Å². The Kier molecular flexibility index (Phi) is 11.7. The van der Waals surface area contributed by atoms with E-state index in [-0.39, 0.29) is 41.0 Å². The summed E-state index contributed by atoms with van der Waals surface area (Å²) < 4.78 is 71.0. The van der Waals surface area contributed by atoms with Gasteiger partial charge in [-0.1, -0.05) is 78.9 Å². The number of hydrogen-bond donors (Lipinski definition) is 4. The van der Waals surface area contributed by atoms with Gasteiger partial charge in [-0.05, 0) is 41.3 Å². The molecule has 20 heteroatoms. The number of halogens is 2. The molecule has 1 aliphatic rings. The zero-order valence-electron chi connectivity index (χ0n) is 26.9. The first-order valence-electron chi connectivity index (χ1n) is 15.6. The van der Waals surface area contributed by atoms with E-state index in [9.17, 15) is 23.9 Å². The minimum Gasteiger partial charge on any atom is -0.460 e. The predicted molar refractivity (Wildman–Crippen MR) is 184 cm³/mol. The number of anilines is 1. The van der Waals surface area contributed by atoms with Crippen LogP contribution in [-0.2, 0) is 45.3 Å². The van der Waals surface area contributed by atoms with Crippen molar-refractivity contribution >= 4 is 50.1 Å². The Balaban J connectivity index is 1.19. The molecule has 52 heavy (non-hydrogen) atoms. The maximum atomic E-state index is 15.4. The quantitative estimate of drug-likeness (QED) is 0.0630. The first kappa shape index (κ1) is 37.5. The highest BCUT2D eigenvalue weighted by atomic mass is 35.5. The van der Waals surface area contributed by atoms with Crippen molar-refractivity contribution in [2.75, 3.05) is 12.3 Å². The molecule has 3 unspecified atom stereocenters. The molecule has 3 heterocycles. The molecule has 7 atom stereocenters. The number of nitrogen functional groups attached to an aromatic ring is 1. The number of imidazole rings is 1. The van der Waals surface area contributed by atoms with E-state index >= 15 is 4.39 Å². The number of nitrogens with zero attached hydrogens (tertiary/aromatic N) is 4. The Morgan fingerprint density at radius 3 is 2.33 bits per heavy atom. The number of phosphoric acid groups is 1. The highest BCUT2D eigenvalue weighted by molar-refractivity contribution is 7.63. The Morgan fingerprint density at radius 1 is 1.02 bits per heavy atom. The average Bonchev–Trinajstić information content (AvgIpc) is 3.66. The second kappa shape index (κ2) is 16.2. The number of nitrogens with one attached hydrogen (secondary N) is 1. The van der Waals surface area contributed by atoms with Crippen molar-refractivity contribution in [3.8, 4) is 5.75 Å². The summed E-state index contributed by atoms with van der Waals surface area (Å²) in [7, 11) is -10.4. The van der Waals surface area contributed by atoms with Gasteiger partial charge in [0.05, 0.1) is 12.9 Å². The number of hydrogen-bond acceptors (Lipinski definition) is 13. The predicted octanol–water partition coefficient (Wildman–Crippen LogP) is 4.92. The molecule has 16 nitrogen and oxygen atoms in total. The van der Waals surface area contributed by atoms with Gasteiger partial charge in [0.2, 0.25) is 5.28 Å². The summed E-state index contributed by atoms with van der Waals surface area (Å²) in [6, 6.07) is 23.6. The monoisotopic (exact) mass is 776 g/mol. The molecule has 0 radical (unpaired) electrons. The maximum absolute atomic E-state index is 15.4. The van der Waals surface area contributed by atoms with Gasteiger partial charge in [0, 0.05) is 0 Å². The molecule has 1 aliphatic heterocycles. The Morgan fingerprint density at radius 2 is 1.65 bits per heavy atom. The van der Waals surface area contributed by atoms with Crippen molar-refractivity contribution < 1.29 is 51.1 Å². The van der Waals surface area contributed by atoms with E-state index in [0.29, 0.717) is 11.1 Å². The van der Waals surface area contributed by atoms with E-state index in [1.165, 1.54) is 12.1 Å². The highest BCUT2D eigenvalue weighted by Crippen LogP contribution is 2.61. The van der Waals surface area contributed by atoms with Gasteiger partial charge in [-0.3, -0.25) is 13.9 Å². The van der Waals surface area contributed by atoms with Gasteiger partial charge in [0.25, 0.3) is 0 Å². The zero-order chi connectivity index (χ0) is 36.9. The fourth-order valence-corrected chi connectivity index (χ4v) is 8.36. The first-order valence-corrected chi connectivity index (χ1v) is 19.0. The van der Waals surface area contributed by atoms with Crippen molar-refractivity contribution in [1.82, 2.24) is 24.6 Å². The van der Waals surface area contributed by atoms with E-state index < -0.39 is 58.8 Å². The number of fused-ring (bicyclic) bond motifs is 1. The zero-order valence-corrected chi connectivity index (χ0v) is 29.5. The number of alkyl halides is 1. The summed E-state index contributed by atoms with van der Waals surface area (Å²) in [4.78, 5) is 36.1. The molecular weight excluding hydrogens is 745 g/mol. The third kappa shape index (κ3) is 9.19. The number of para-hydroxylation sites is 1. The van der Waals surface area contributed by atoms with Crippen LogP contribution in [0.4, 0.5) is 10.2 Å². The SMILES string of the molecule is Nc1nc(Cl)nc2c1ncn2[C@@H]1O[C@H](COP(=O)(O)OP(=O)(N[C@@H](Cc2ccccc2)C(=O)OCc2ccccc2)Oc2ccccc2)C(O)[C@H]1F. The van der Waals surface area contributed by atoms with Gasteiger partial charge in [-0.2, -0.15) is 19.4 Å². The van der Waals surface area contributed by atoms with E-state index in [1.54, 1.807) is 78.9 Å². The number of rotatable bonds is 15. The molecule has 6 rings (SSSR count). The van der Waals surface area contributed by atoms with Crippen molar-refractivity contribution in [2.24, 2.45) is 0 Å². The molecule has 3 aromatic carbocycles. The molecule has 274 valence electrons. The van der Waals surface area contributed by atoms with E-state index in [1.807, 2.05) is 0 Å². The Hall–Kier alpha value is -4.28. The van der Waals surface area contributed by atoms with Crippen LogP contribution in [0.1, 0.15) is 17.4 Å². The smallest absolute Gasteiger partial charge is 0.460 e. The molecule has 0 spiro atoms. The number of aliphatic hydroxyl groups is 1. The van der Waals surface area contributed by atoms with E-state index in [4.69, 9.17) is 40.2 Å². The summed E-state index contributed by atoms with van der Waals surface area (Å²) in [5.74, 6) is -0.999. The van der Waals surface area contributed by atoms with E-state index in [2.05, 4.69) is 20.0 Å². The van der Waals surface area contributed by atoms with Crippen LogP contribution in [0.5, 0.6) is 5.75 Å². The Labute approximate surface area is 300 Å². The molecule has 1 fully saturated rings. The molecule has 5 N–H and O–H groups in total. The standard InChI is InChI=1S/C32H32ClFN6O10P2/c33-32-37-28(35)26-29(38-32)40(19-36-26)30-25(34)27(41)24(48-30)18-47-52(44,45)50-51(43,49-22-14-8-3-9-15-22)39-23(16-20-10-4-1-5-11-20)31(42)46-17-21-12-6-2-7-13-21/h1-15,19,23-25,27,30,41H,16-18H2,(H,39,43)(H,44,45)(H2,35,37,38)/t23-,24+,25+,27?,30+,51?/m0/s1. The lowest BCUT2D eigenvalue weighted by Gasteiger charge is -2.26. The van der Waals surface area contributed by atoms with Crippen molar-refractivity contribution in [2.45, 2.75) is 43.7 Å². The van der Waals surface area contributed by atoms with Crippen LogP contribution in [0.3, 0.4) is 0 Å². The summed E-state index contributed by atoms with van der Waals surface area (Å²) in [5.41, 5.74) is 7.23. The highest BCUT2D eigenvalue weighted by Gasteiger charge is 2.48. The first-order chi connectivity index (χ1) is 24.9. The lowest BCUT2D eigenvalue weighted by molar-refractivity contribution is -0.147. The molecule has 1 saturated heterocycles. The summed E-state index contributed by atoms with van der Waals surface area (Å²) in [6.45, 7) is -1.05. The second-order valence-corrected chi connectivity index (χ2v) is 15.0. The third-order valence-corrected chi connectivity index (χ3v) is 11.1. The van der Waals surface area contributed by atoms with Crippen LogP contribution in [0.2, 0.25) is 5.28 Å². The van der Waals surface area contributed by atoms with Gasteiger partial charge >= 0.3 is 21.5 Å². The van der Waals surface area contributed by atoms with E-state index in [0.717, 1.165) is 10.9 Å². The van der Waals surface area contributed by atoms with Gasteiger partial charge < -0.3 is 29.7 Å². The number of aliphatic hydroxyl groups excluding tert-OH is 1. The van der Waals surface area contributed by atoms with Crippen LogP contribution < -0.4 is 15.3 Å². The minimum atomic E-state index is -5.40. The lowest BCUT2D eigenvalue weighted by Crippen LogP contribution is -2.39. The van der Waals surface area contributed by atoms with Crippen molar-refractivity contribution in [3.63, 3.8) is 0 Å². The van der Waals surface area contributed by atoms with Gasteiger partial charge in [-0.25, -0.2) is 18.5 Å². The van der Waals surface area contributed by atoms with Crippen LogP contribution in [0.25, 0.3) is 11.2 Å².